The van der Waals surface area contributed by atoms with E-state index in [0.29, 0.717) is 30.5 Å². The number of halogens is 1. The summed E-state index contributed by atoms with van der Waals surface area (Å²) in [6.45, 7) is 5.02. The fourth-order valence-electron chi connectivity index (χ4n) is 1.66. The molecule has 1 heterocycles. The van der Waals surface area contributed by atoms with Gasteiger partial charge in [0.1, 0.15) is 3.57 Å². The molecule has 2 rings (SSSR count). The molecule has 0 saturated heterocycles. The molecule has 0 bridgehead atoms. The van der Waals surface area contributed by atoms with Gasteiger partial charge in [-0.25, -0.2) is 0 Å². The Labute approximate surface area is 125 Å². The van der Waals surface area contributed by atoms with E-state index < -0.39 is 0 Å². The number of nitrogens with two attached hydrogens (primary N) is 1. The van der Waals surface area contributed by atoms with Gasteiger partial charge in [-0.15, -0.1) is 0 Å². The lowest BCUT2D eigenvalue weighted by molar-refractivity contribution is 0.288. The van der Waals surface area contributed by atoms with Crippen LogP contribution in [-0.4, -0.2) is 18.4 Å². The van der Waals surface area contributed by atoms with Crippen molar-refractivity contribution in [3.05, 3.63) is 21.8 Å². The number of nitrogen functional groups attached to an aromatic ring is 1. The minimum atomic E-state index is 0.391. The molecular formula is C13H15IN2O3. The standard InChI is InChI=1S/C13H15IN2O3/c1-3-17-9-6-5-8(7-10(9)18-4-2)12-11(14)13(15)16-19-12/h5-7H,3-4H2,1-2H3,(H2,15,16). The molecule has 1 aromatic heterocycles. The fraction of sp³-hybridized carbons (Fsp3) is 0.308. The molecule has 0 aliphatic rings. The SMILES string of the molecule is CCOc1ccc(-c2onc(N)c2I)cc1OCC. The van der Waals surface area contributed by atoms with Crippen LogP contribution >= 0.6 is 22.6 Å². The van der Waals surface area contributed by atoms with Crippen LogP contribution < -0.4 is 15.2 Å². The Bertz CT molecular complexity index is 569. The maximum atomic E-state index is 5.68. The summed E-state index contributed by atoms with van der Waals surface area (Å²) in [6, 6.07) is 5.63. The average molecular weight is 374 g/mol. The van der Waals surface area contributed by atoms with Crippen molar-refractivity contribution in [2.24, 2.45) is 0 Å². The zero-order valence-corrected chi connectivity index (χ0v) is 12.9. The second kappa shape index (κ2) is 6.14. The molecule has 0 atom stereocenters. The van der Waals surface area contributed by atoms with E-state index in [9.17, 15) is 0 Å². The zero-order valence-electron chi connectivity index (χ0n) is 10.8. The first kappa shape index (κ1) is 14.0. The van der Waals surface area contributed by atoms with Gasteiger partial charge in [0.2, 0.25) is 0 Å². The number of hydrogen-bond acceptors (Lipinski definition) is 5. The van der Waals surface area contributed by atoms with Gasteiger partial charge < -0.3 is 19.7 Å². The van der Waals surface area contributed by atoms with Gasteiger partial charge in [0, 0.05) is 5.56 Å². The molecule has 0 radical (unpaired) electrons. The number of hydrogen-bond donors (Lipinski definition) is 1. The highest BCUT2D eigenvalue weighted by Crippen LogP contribution is 2.35. The smallest absolute Gasteiger partial charge is 0.182 e. The molecule has 5 nitrogen and oxygen atoms in total. The summed E-state index contributed by atoms with van der Waals surface area (Å²) < 4.78 is 17.1. The summed E-state index contributed by atoms with van der Waals surface area (Å²) in [7, 11) is 0. The zero-order chi connectivity index (χ0) is 13.8. The van der Waals surface area contributed by atoms with Gasteiger partial charge in [-0.3, -0.25) is 0 Å². The van der Waals surface area contributed by atoms with E-state index in [1.165, 1.54) is 0 Å². The van der Waals surface area contributed by atoms with Gasteiger partial charge in [-0.1, -0.05) is 5.16 Å². The Balaban J connectivity index is 2.42. The molecule has 102 valence electrons. The molecule has 2 aromatic rings. The molecule has 0 unspecified atom stereocenters. The fourth-order valence-corrected chi connectivity index (χ4v) is 2.17. The minimum Gasteiger partial charge on any atom is -0.490 e. The van der Waals surface area contributed by atoms with Crippen molar-refractivity contribution in [3.8, 4) is 22.8 Å². The first-order chi connectivity index (χ1) is 9.17. The first-order valence-corrected chi connectivity index (χ1v) is 7.05. The topological polar surface area (TPSA) is 70.5 Å². The maximum Gasteiger partial charge on any atom is 0.182 e. The Kier molecular flexibility index (Phi) is 4.52. The van der Waals surface area contributed by atoms with E-state index in [-0.39, 0.29) is 0 Å². The number of ether oxygens (including phenoxy) is 2. The average Bonchev–Trinajstić information content (AvgIpc) is 2.73. The van der Waals surface area contributed by atoms with E-state index in [1.807, 2.05) is 32.0 Å². The van der Waals surface area contributed by atoms with Crippen molar-refractivity contribution in [2.45, 2.75) is 13.8 Å². The van der Waals surface area contributed by atoms with E-state index in [1.54, 1.807) is 0 Å². The van der Waals surface area contributed by atoms with Crippen LogP contribution in [0.4, 0.5) is 5.82 Å². The van der Waals surface area contributed by atoms with Crippen LogP contribution in [0.25, 0.3) is 11.3 Å². The van der Waals surface area contributed by atoms with Crippen LogP contribution in [0.1, 0.15) is 13.8 Å². The predicted molar refractivity (Wildman–Crippen MR) is 81.4 cm³/mol. The van der Waals surface area contributed by atoms with Crippen LogP contribution in [-0.2, 0) is 0 Å². The van der Waals surface area contributed by atoms with E-state index in [2.05, 4.69) is 27.7 Å². The molecule has 19 heavy (non-hydrogen) atoms. The molecule has 0 fully saturated rings. The second-order valence-electron chi connectivity index (χ2n) is 3.74. The molecule has 1 aromatic carbocycles. The minimum absolute atomic E-state index is 0.391. The van der Waals surface area contributed by atoms with Gasteiger partial charge in [0.05, 0.1) is 13.2 Å². The lowest BCUT2D eigenvalue weighted by Crippen LogP contribution is -1.98. The Morgan fingerprint density at radius 3 is 2.47 bits per heavy atom. The van der Waals surface area contributed by atoms with Crippen LogP contribution in [0.3, 0.4) is 0 Å². The number of rotatable bonds is 5. The summed E-state index contributed by atoms with van der Waals surface area (Å²) >= 11 is 2.11. The van der Waals surface area contributed by atoms with Crippen LogP contribution in [0.15, 0.2) is 22.7 Å². The molecule has 0 amide bonds. The molecule has 0 saturated carbocycles. The van der Waals surface area contributed by atoms with Crippen molar-refractivity contribution >= 4 is 28.4 Å². The molecular weight excluding hydrogens is 359 g/mol. The third-order valence-corrected chi connectivity index (χ3v) is 3.51. The normalized spacial score (nSPS) is 10.5. The second-order valence-corrected chi connectivity index (χ2v) is 4.82. The lowest BCUT2D eigenvalue weighted by Gasteiger charge is -2.11. The molecule has 6 heteroatoms. The van der Waals surface area contributed by atoms with Gasteiger partial charge >= 0.3 is 0 Å². The van der Waals surface area contributed by atoms with Crippen LogP contribution in [0, 0.1) is 3.57 Å². The third kappa shape index (κ3) is 2.94. The number of anilines is 1. The van der Waals surface area contributed by atoms with Gasteiger partial charge in [0.25, 0.3) is 0 Å². The van der Waals surface area contributed by atoms with E-state index >= 15 is 0 Å². The van der Waals surface area contributed by atoms with Crippen LogP contribution in [0.2, 0.25) is 0 Å². The summed E-state index contributed by atoms with van der Waals surface area (Å²) in [6.07, 6.45) is 0. The van der Waals surface area contributed by atoms with Crippen LogP contribution in [0.5, 0.6) is 11.5 Å². The van der Waals surface area contributed by atoms with Crippen molar-refractivity contribution in [2.75, 3.05) is 18.9 Å². The highest BCUT2D eigenvalue weighted by Gasteiger charge is 2.15. The number of benzene rings is 1. The number of nitrogens with zero attached hydrogens (tertiary/aromatic N) is 1. The van der Waals surface area contributed by atoms with E-state index in [4.69, 9.17) is 19.7 Å². The highest BCUT2D eigenvalue weighted by atomic mass is 127. The Morgan fingerprint density at radius 1 is 1.21 bits per heavy atom. The van der Waals surface area contributed by atoms with E-state index in [0.717, 1.165) is 14.9 Å². The monoisotopic (exact) mass is 374 g/mol. The molecule has 0 aliphatic heterocycles. The Morgan fingerprint density at radius 2 is 1.89 bits per heavy atom. The van der Waals surface area contributed by atoms with Gasteiger partial charge in [-0.05, 0) is 54.6 Å². The molecule has 0 aliphatic carbocycles. The lowest BCUT2D eigenvalue weighted by atomic mass is 10.1. The first-order valence-electron chi connectivity index (χ1n) is 5.98. The molecule has 2 N–H and O–H groups in total. The third-order valence-electron chi connectivity index (χ3n) is 2.47. The summed E-state index contributed by atoms with van der Waals surface area (Å²) in [5.41, 5.74) is 6.55. The highest BCUT2D eigenvalue weighted by molar-refractivity contribution is 14.1. The van der Waals surface area contributed by atoms with Crippen molar-refractivity contribution in [3.63, 3.8) is 0 Å². The van der Waals surface area contributed by atoms with Crippen molar-refractivity contribution in [1.82, 2.24) is 5.16 Å². The Hall–Kier alpha value is -1.44. The summed E-state index contributed by atoms with van der Waals surface area (Å²) in [5, 5.41) is 3.75. The largest absolute Gasteiger partial charge is 0.490 e. The van der Waals surface area contributed by atoms with Crippen molar-refractivity contribution in [1.29, 1.82) is 0 Å². The van der Waals surface area contributed by atoms with Crippen molar-refractivity contribution < 1.29 is 14.0 Å². The predicted octanol–water partition coefficient (Wildman–Crippen LogP) is 3.33. The quantitative estimate of drug-likeness (QED) is 0.814. The molecule has 0 spiro atoms. The maximum absolute atomic E-state index is 5.68. The van der Waals surface area contributed by atoms with Gasteiger partial charge in [-0.2, -0.15) is 0 Å². The number of aromatic nitrogens is 1. The van der Waals surface area contributed by atoms with Gasteiger partial charge in [0.15, 0.2) is 23.1 Å². The summed E-state index contributed by atoms with van der Waals surface area (Å²) in [4.78, 5) is 0. The summed E-state index contributed by atoms with van der Waals surface area (Å²) in [5.74, 6) is 2.44.